The third kappa shape index (κ3) is 2.99. The second-order valence-electron chi connectivity index (χ2n) is 5.31. The molecule has 3 heterocycles. The first-order chi connectivity index (χ1) is 10.1. The predicted molar refractivity (Wildman–Crippen MR) is 88.8 cm³/mol. The van der Waals surface area contributed by atoms with Crippen molar-refractivity contribution in [3.8, 4) is 0 Å². The number of rotatable bonds is 5. The highest BCUT2D eigenvalue weighted by Crippen LogP contribution is 2.27. The van der Waals surface area contributed by atoms with Gasteiger partial charge in [-0.1, -0.05) is 6.92 Å². The Morgan fingerprint density at radius 2 is 2.27 bits per heavy atom. The lowest BCUT2D eigenvalue weighted by Crippen LogP contribution is -2.41. The quantitative estimate of drug-likeness (QED) is 0.866. The predicted octanol–water partition coefficient (Wildman–Crippen LogP) is 1.75. The van der Waals surface area contributed by atoms with Crippen LogP contribution < -0.4 is 5.32 Å². The molecule has 1 unspecified atom stereocenters. The molecule has 6 nitrogen and oxygen atoms in total. The Morgan fingerprint density at radius 1 is 1.45 bits per heavy atom. The number of aromatic nitrogens is 2. The summed E-state index contributed by atoms with van der Waals surface area (Å²) in [5.74, 6) is 0. The smallest absolute Gasteiger partial charge is 0.245 e. The zero-order chi connectivity index (χ0) is 14.9. The van der Waals surface area contributed by atoms with Crippen molar-refractivity contribution in [3.05, 3.63) is 24.5 Å². The number of nitrogens with zero attached hydrogens (tertiary/aromatic N) is 2. The number of aromatic amines is 1. The molecule has 0 aliphatic carbocycles. The van der Waals surface area contributed by atoms with E-state index in [0.29, 0.717) is 22.5 Å². The molecule has 3 rings (SSSR count). The molecule has 2 aromatic heterocycles. The number of hydrogen-bond donors (Lipinski definition) is 2. The van der Waals surface area contributed by atoms with Crippen LogP contribution in [0.15, 0.2) is 29.4 Å². The van der Waals surface area contributed by atoms with E-state index in [1.165, 1.54) is 0 Å². The van der Waals surface area contributed by atoms with Crippen LogP contribution in [0.3, 0.4) is 0 Å². The van der Waals surface area contributed by atoms with Gasteiger partial charge in [-0.25, -0.2) is 13.4 Å². The van der Waals surface area contributed by atoms with E-state index < -0.39 is 10.0 Å². The normalized spacial score (nSPS) is 18.7. The molecule has 22 heavy (non-hydrogen) atoms. The average molecular weight is 345 g/mol. The molecule has 0 bridgehead atoms. The Balaban J connectivity index is 0.00000176. The maximum Gasteiger partial charge on any atom is 0.245 e. The van der Waals surface area contributed by atoms with Gasteiger partial charge in [0.1, 0.15) is 10.5 Å². The fourth-order valence-corrected chi connectivity index (χ4v) is 4.77. The van der Waals surface area contributed by atoms with E-state index in [1.54, 1.807) is 28.8 Å². The van der Waals surface area contributed by atoms with Gasteiger partial charge in [-0.15, -0.1) is 12.4 Å². The Bertz CT molecular complexity index is 725. The maximum atomic E-state index is 13.0. The van der Waals surface area contributed by atoms with E-state index in [-0.39, 0.29) is 18.4 Å². The minimum absolute atomic E-state index is 0. The van der Waals surface area contributed by atoms with Gasteiger partial charge < -0.3 is 10.3 Å². The highest BCUT2D eigenvalue weighted by atomic mass is 35.5. The van der Waals surface area contributed by atoms with Crippen LogP contribution in [0.25, 0.3) is 11.0 Å². The van der Waals surface area contributed by atoms with Gasteiger partial charge in [0.05, 0.1) is 0 Å². The lowest BCUT2D eigenvalue weighted by Gasteiger charge is -2.26. The number of pyridine rings is 1. The number of sulfonamides is 1. The van der Waals surface area contributed by atoms with Gasteiger partial charge >= 0.3 is 0 Å². The molecule has 1 saturated heterocycles. The molecule has 122 valence electrons. The topological polar surface area (TPSA) is 78.1 Å². The van der Waals surface area contributed by atoms with Crippen molar-refractivity contribution >= 4 is 33.5 Å². The maximum absolute atomic E-state index is 13.0. The molecule has 1 fully saturated rings. The SMILES string of the molecule is CCCN(C1CCNC1)S(=O)(=O)c1c[nH]c2ncccc12.Cl. The summed E-state index contributed by atoms with van der Waals surface area (Å²) in [4.78, 5) is 7.44. The molecule has 0 saturated carbocycles. The fourth-order valence-electron chi connectivity index (χ4n) is 2.88. The summed E-state index contributed by atoms with van der Waals surface area (Å²) in [7, 11) is -3.51. The minimum atomic E-state index is -3.51. The van der Waals surface area contributed by atoms with Crippen LogP contribution in [0.5, 0.6) is 0 Å². The summed E-state index contributed by atoms with van der Waals surface area (Å²) in [6, 6.07) is 3.59. The fraction of sp³-hybridized carbons (Fsp3) is 0.500. The summed E-state index contributed by atoms with van der Waals surface area (Å²) in [5.41, 5.74) is 0.608. The first kappa shape index (κ1) is 17.2. The minimum Gasteiger partial charge on any atom is -0.345 e. The van der Waals surface area contributed by atoms with Gasteiger partial charge in [0.25, 0.3) is 0 Å². The van der Waals surface area contributed by atoms with Crippen molar-refractivity contribution in [1.82, 2.24) is 19.6 Å². The average Bonchev–Trinajstić information content (AvgIpc) is 3.13. The number of halogens is 1. The van der Waals surface area contributed by atoms with E-state index >= 15 is 0 Å². The molecule has 1 aliphatic heterocycles. The zero-order valence-corrected chi connectivity index (χ0v) is 14.1. The van der Waals surface area contributed by atoms with Crippen LogP contribution in [0.2, 0.25) is 0 Å². The van der Waals surface area contributed by atoms with E-state index in [1.807, 2.05) is 6.92 Å². The van der Waals surface area contributed by atoms with E-state index in [2.05, 4.69) is 15.3 Å². The van der Waals surface area contributed by atoms with Gasteiger partial charge in [0.15, 0.2) is 0 Å². The lowest BCUT2D eigenvalue weighted by molar-refractivity contribution is 0.335. The molecule has 0 radical (unpaired) electrons. The highest BCUT2D eigenvalue weighted by Gasteiger charge is 2.34. The van der Waals surface area contributed by atoms with Crippen LogP contribution in [0.4, 0.5) is 0 Å². The Labute approximate surface area is 136 Å². The summed E-state index contributed by atoms with van der Waals surface area (Å²) in [5, 5.41) is 3.90. The Kier molecular flexibility index (Phi) is 5.44. The molecule has 2 N–H and O–H groups in total. The lowest BCUT2D eigenvalue weighted by atomic mass is 10.2. The molecule has 0 amide bonds. The van der Waals surface area contributed by atoms with Crippen LogP contribution in [0.1, 0.15) is 19.8 Å². The largest absolute Gasteiger partial charge is 0.345 e. The Morgan fingerprint density at radius 3 is 2.95 bits per heavy atom. The third-order valence-corrected chi connectivity index (χ3v) is 5.88. The van der Waals surface area contributed by atoms with Crippen molar-refractivity contribution in [2.24, 2.45) is 0 Å². The van der Waals surface area contributed by atoms with Crippen molar-refractivity contribution < 1.29 is 8.42 Å². The molecule has 8 heteroatoms. The van der Waals surface area contributed by atoms with Crippen LogP contribution in [-0.4, -0.2) is 48.4 Å². The van der Waals surface area contributed by atoms with Crippen LogP contribution in [-0.2, 0) is 10.0 Å². The first-order valence-corrected chi connectivity index (χ1v) is 8.73. The molecular formula is C14H21ClN4O2S. The summed E-state index contributed by atoms with van der Waals surface area (Å²) in [6.45, 7) is 4.14. The number of fused-ring (bicyclic) bond motifs is 1. The monoisotopic (exact) mass is 344 g/mol. The standard InChI is InChI=1S/C14H20N4O2S.ClH/c1-2-8-18(11-5-7-15-9-11)21(19,20)13-10-17-14-12(13)4-3-6-16-14;/h3-4,6,10-11,15H,2,5,7-9H2,1H3,(H,16,17);1H. The molecule has 1 aliphatic rings. The summed E-state index contributed by atoms with van der Waals surface area (Å²) >= 11 is 0. The van der Waals surface area contributed by atoms with Crippen LogP contribution in [0, 0.1) is 0 Å². The van der Waals surface area contributed by atoms with Crippen molar-refractivity contribution in [2.45, 2.75) is 30.7 Å². The summed E-state index contributed by atoms with van der Waals surface area (Å²) < 4.78 is 27.7. The van der Waals surface area contributed by atoms with Gasteiger partial charge in [0, 0.05) is 36.9 Å². The molecular weight excluding hydrogens is 324 g/mol. The second-order valence-corrected chi connectivity index (χ2v) is 7.17. The first-order valence-electron chi connectivity index (χ1n) is 7.29. The van der Waals surface area contributed by atoms with Gasteiger partial charge in [-0.3, -0.25) is 0 Å². The highest BCUT2D eigenvalue weighted by molar-refractivity contribution is 7.89. The van der Waals surface area contributed by atoms with Crippen molar-refractivity contribution in [2.75, 3.05) is 19.6 Å². The third-order valence-electron chi connectivity index (χ3n) is 3.89. The second kappa shape index (κ2) is 6.95. The zero-order valence-electron chi connectivity index (χ0n) is 12.4. The molecule has 2 aromatic rings. The van der Waals surface area contributed by atoms with Crippen molar-refractivity contribution in [3.63, 3.8) is 0 Å². The van der Waals surface area contributed by atoms with E-state index in [4.69, 9.17) is 0 Å². The molecule has 0 aromatic carbocycles. The molecule has 1 atom stereocenters. The van der Waals surface area contributed by atoms with Gasteiger partial charge in [-0.2, -0.15) is 4.31 Å². The molecule has 0 spiro atoms. The van der Waals surface area contributed by atoms with E-state index in [0.717, 1.165) is 25.9 Å². The van der Waals surface area contributed by atoms with Gasteiger partial charge in [-0.05, 0) is 31.5 Å². The number of H-pyrrole nitrogens is 1. The number of hydrogen-bond acceptors (Lipinski definition) is 4. The van der Waals surface area contributed by atoms with Crippen LogP contribution >= 0.6 is 12.4 Å². The van der Waals surface area contributed by atoms with Gasteiger partial charge in [0.2, 0.25) is 10.0 Å². The van der Waals surface area contributed by atoms with Crippen molar-refractivity contribution in [1.29, 1.82) is 0 Å². The van der Waals surface area contributed by atoms with E-state index in [9.17, 15) is 8.42 Å². The number of nitrogens with one attached hydrogen (secondary N) is 2. The Hall–Kier alpha value is -1.15. The summed E-state index contributed by atoms with van der Waals surface area (Å²) in [6.07, 6.45) is 4.87.